The van der Waals surface area contributed by atoms with E-state index in [1.807, 2.05) is 53.5 Å². The van der Waals surface area contributed by atoms with Gasteiger partial charge in [0.15, 0.2) is 5.82 Å². The first-order valence-electron chi connectivity index (χ1n) is 9.78. The van der Waals surface area contributed by atoms with Gasteiger partial charge in [0.2, 0.25) is 5.91 Å². The molecule has 0 saturated carbocycles. The Morgan fingerprint density at radius 1 is 1.17 bits per heavy atom. The molecule has 0 saturated heterocycles. The van der Waals surface area contributed by atoms with E-state index in [1.54, 1.807) is 18.5 Å². The highest BCUT2D eigenvalue weighted by atomic mass is 35.5. The Morgan fingerprint density at radius 2 is 2.03 bits per heavy atom. The Morgan fingerprint density at radius 3 is 2.93 bits per heavy atom. The van der Waals surface area contributed by atoms with Gasteiger partial charge in [0.1, 0.15) is 18.3 Å². The SMILES string of the molecule is O=C(Nc1ccc2cccnc2c1)C1CC=CC2=C1OCCN2c1ncccc1Cl. The fourth-order valence-electron chi connectivity index (χ4n) is 3.84. The number of ether oxygens (including phenoxy) is 1. The minimum Gasteiger partial charge on any atom is -0.493 e. The van der Waals surface area contributed by atoms with Crippen LogP contribution in [0.25, 0.3) is 10.9 Å². The zero-order chi connectivity index (χ0) is 20.5. The number of aromatic nitrogens is 2. The van der Waals surface area contributed by atoms with Crippen molar-refractivity contribution < 1.29 is 9.53 Å². The molecule has 30 heavy (non-hydrogen) atoms. The van der Waals surface area contributed by atoms with Crippen molar-refractivity contribution in [3.8, 4) is 0 Å². The standard InChI is InChI=1S/C23H19ClN4O2/c24-18-6-3-11-26-22(18)28-12-13-30-21-17(5-1-7-20(21)28)23(29)27-16-9-8-15-4-2-10-25-19(15)14-16/h1-4,6-11,14,17H,5,12-13H2,(H,27,29). The lowest BCUT2D eigenvalue weighted by Gasteiger charge is -2.36. The minimum atomic E-state index is -0.422. The van der Waals surface area contributed by atoms with E-state index in [0.717, 1.165) is 16.6 Å². The lowest BCUT2D eigenvalue weighted by Crippen LogP contribution is -2.38. The van der Waals surface area contributed by atoms with E-state index in [2.05, 4.69) is 15.3 Å². The van der Waals surface area contributed by atoms with Crippen molar-refractivity contribution in [1.82, 2.24) is 9.97 Å². The van der Waals surface area contributed by atoms with Crippen LogP contribution in [-0.2, 0) is 9.53 Å². The number of hydrogen-bond acceptors (Lipinski definition) is 5. The Hall–Kier alpha value is -3.38. The van der Waals surface area contributed by atoms with E-state index in [4.69, 9.17) is 16.3 Å². The summed E-state index contributed by atoms with van der Waals surface area (Å²) < 4.78 is 5.96. The number of allylic oxidation sites excluding steroid dienone is 2. The predicted octanol–water partition coefficient (Wildman–Crippen LogP) is 4.55. The second-order valence-corrected chi connectivity index (χ2v) is 7.56. The highest BCUT2D eigenvalue weighted by molar-refractivity contribution is 6.33. The van der Waals surface area contributed by atoms with Crippen LogP contribution in [0, 0.1) is 5.92 Å². The van der Waals surface area contributed by atoms with Gasteiger partial charge in [-0.15, -0.1) is 0 Å². The number of anilines is 2. The van der Waals surface area contributed by atoms with Crippen LogP contribution in [0.5, 0.6) is 0 Å². The maximum absolute atomic E-state index is 13.1. The summed E-state index contributed by atoms with van der Waals surface area (Å²) in [6, 6.07) is 13.2. The topological polar surface area (TPSA) is 67.3 Å². The van der Waals surface area contributed by atoms with Gasteiger partial charge in [-0.25, -0.2) is 4.98 Å². The van der Waals surface area contributed by atoms with Gasteiger partial charge < -0.3 is 15.0 Å². The quantitative estimate of drug-likeness (QED) is 0.676. The molecular formula is C23H19ClN4O2. The van der Waals surface area contributed by atoms with Crippen molar-refractivity contribution in [2.75, 3.05) is 23.4 Å². The molecule has 3 heterocycles. The number of nitrogens with zero attached hydrogens (tertiary/aromatic N) is 3. The molecule has 150 valence electrons. The summed E-state index contributed by atoms with van der Waals surface area (Å²) in [6.07, 6.45) is 7.98. The second-order valence-electron chi connectivity index (χ2n) is 7.15. The van der Waals surface area contributed by atoms with Gasteiger partial charge in [-0.2, -0.15) is 0 Å². The van der Waals surface area contributed by atoms with Crippen LogP contribution in [0.2, 0.25) is 5.02 Å². The molecule has 6 nitrogen and oxygen atoms in total. The van der Waals surface area contributed by atoms with Crippen LogP contribution in [0.4, 0.5) is 11.5 Å². The molecule has 0 radical (unpaired) electrons. The van der Waals surface area contributed by atoms with Gasteiger partial charge in [0.25, 0.3) is 0 Å². The number of rotatable bonds is 3. The summed E-state index contributed by atoms with van der Waals surface area (Å²) in [5, 5.41) is 4.61. The van der Waals surface area contributed by atoms with Gasteiger partial charge in [0.05, 0.1) is 22.8 Å². The second kappa shape index (κ2) is 7.80. The Bertz CT molecular complexity index is 1190. The third-order valence-corrected chi connectivity index (χ3v) is 5.56. The Kier molecular flexibility index (Phi) is 4.85. The number of fused-ring (bicyclic) bond motifs is 1. The lowest BCUT2D eigenvalue weighted by atomic mass is 9.94. The van der Waals surface area contributed by atoms with Gasteiger partial charge in [0, 0.05) is 23.5 Å². The van der Waals surface area contributed by atoms with Crippen molar-refractivity contribution in [1.29, 1.82) is 0 Å². The van der Waals surface area contributed by atoms with Crippen molar-refractivity contribution in [3.63, 3.8) is 0 Å². The monoisotopic (exact) mass is 418 g/mol. The van der Waals surface area contributed by atoms with Crippen molar-refractivity contribution in [2.45, 2.75) is 6.42 Å². The highest BCUT2D eigenvalue weighted by Gasteiger charge is 2.34. The van der Waals surface area contributed by atoms with Crippen molar-refractivity contribution in [2.24, 2.45) is 5.92 Å². The smallest absolute Gasteiger partial charge is 0.235 e. The summed E-state index contributed by atoms with van der Waals surface area (Å²) in [5.74, 6) is 0.786. The molecule has 1 aliphatic carbocycles. The maximum atomic E-state index is 13.1. The summed E-state index contributed by atoms with van der Waals surface area (Å²) >= 11 is 6.37. The molecule has 7 heteroatoms. The molecule has 0 fully saturated rings. The molecule has 1 atom stereocenters. The first kappa shape index (κ1) is 18.6. The van der Waals surface area contributed by atoms with E-state index in [-0.39, 0.29) is 5.91 Å². The fourth-order valence-corrected chi connectivity index (χ4v) is 4.07. The van der Waals surface area contributed by atoms with Crippen LogP contribution in [0.1, 0.15) is 6.42 Å². The molecule has 3 aromatic rings. The van der Waals surface area contributed by atoms with Crippen molar-refractivity contribution in [3.05, 3.63) is 83.5 Å². The van der Waals surface area contributed by atoms with Crippen molar-refractivity contribution >= 4 is 39.9 Å². The number of pyridine rings is 2. The lowest BCUT2D eigenvalue weighted by molar-refractivity contribution is -0.120. The molecule has 5 rings (SSSR count). The number of benzene rings is 1. The van der Waals surface area contributed by atoms with Crippen LogP contribution >= 0.6 is 11.6 Å². The van der Waals surface area contributed by atoms with Gasteiger partial charge in [-0.3, -0.25) is 9.78 Å². The van der Waals surface area contributed by atoms with Crippen LogP contribution in [-0.4, -0.2) is 29.0 Å². The van der Waals surface area contributed by atoms with E-state index < -0.39 is 5.92 Å². The van der Waals surface area contributed by atoms with Crippen LogP contribution in [0.3, 0.4) is 0 Å². The fraction of sp³-hybridized carbons (Fsp3) is 0.174. The molecule has 2 aromatic heterocycles. The van der Waals surface area contributed by atoms with E-state index >= 15 is 0 Å². The Labute approximate surface area is 178 Å². The molecule has 1 aliphatic heterocycles. The first-order valence-corrected chi connectivity index (χ1v) is 10.2. The molecule has 1 amide bonds. The van der Waals surface area contributed by atoms with Crippen LogP contribution in [0.15, 0.2) is 78.5 Å². The summed E-state index contributed by atoms with van der Waals surface area (Å²) in [6.45, 7) is 1.08. The van der Waals surface area contributed by atoms with Gasteiger partial charge in [-0.05, 0) is 42.8 Å². The highest BCUT2D eigenvalue weighted by Crippen LogP contribution is 2.36. The molecule has 1 aromatic carbocycles. The normalized spacial score (nSPS) is 18.2. The third-order valence-electron chi connectivity index (χ3n) is 5.26. The molecule has 0 spiro atoms. The van der Waals surface area contributed by atoms with Gasteiger partial charge in [-0.1, -0.05) is 29.8 Å². The van der Waals surface area contributed by atoms with E-state index in [0.29, 0.717) is 41.9 Å². The predicted molar refractivity (Wildman–Crippen MR) is 117 cm³/mol. The molecule has 0 bridgehead atoms. The van der Waals surface area contributed by atoms with Crippen LogP contribution < -0.4 is 10.2 Å². The zero-order valence-electron chi connectivity index (χ0n) is 16.1. The third kappa shape index (κ3) is 3.39. The largest absolute Gasteiger partial charge is 0.493 e. The molecular weight excluding hydrogens is 400 g/mol. The summed E-state index contributed by atoms with van der Waals surface area (Å²) in [4.78, 5) is 23.9. The van der Waals surface area contributed by atoms with Gasteiger partial charge >= 0.3 is 0 Å². The average Bonchev–Trinajstić information content (AvgIpc) is 2.78. The Balaban J connectivity index is 1.43. The number of hydrogen-bond donors (Lipinski definition) is 1. The minimum absolute atomic E-state index is 0.115. The molecule has 1 unspecified atom stereocenters. The van der Waals surface area contributed by atoms with E-state index in [1.165, 1.54) is 0 Å². The molecule has 2 aliphatic rings. The number of carbonyl (C=O) groups is 1. The maximum Gasteiger partial charge on any atom is 0.235 e. The average molecular weight is 419 g/mol. The number of halogens is 1. The number of nitrogens with one attached hydrogen (secondary N) is 1. The first-order chi connectivity index (χ1) is 14.7. The molecule has 1 N–H and O–H groups in total. The number of carbonyl (C=O) groups excluding carboxylic acids is 1. The number of amides is 1. The summed E-state index contributed by atoms with van der Waals surface area (Å²) in [7, 11) is 0. The summed E-state index contributed by atoms with van der Waals surface area (Å²) in [5.41, 5.74) is 2.38. The zero-order valence-corrected chi connectivity index (χ0v) is 16.8. The van der Waals surface area contributed by atoms with E-state index in [9.17, 15) is 4.79 Å².